The third-order valence-electron chi connectivity index (χ3n) is 5.10. The van der Waals surface area contributed by atoms with Gasteiger partial charge in [-0.3, -0.25) is 4.98 Å². The van der Waals surface area contributed by atoms with E-state index in [1.165, 1.54) is 0 Å². The summed E-state index contributed by atoms with van der Waals surface area (Å²) in [7, 11) is 0. The highest BCUT2D eigenvalue weighted by atomic mass is 19.3. The number of halogens is 2. The van der Waals surface area contributed by atoms with E-state index >= 15 is 0 Å². The molecule has 0 aromatic carbocycles. The maximum absolute atomic E-state index is 13.6. The Kier molecular flexibility index (Phi) is 5.07. The maximum Gasteiger partial charge on any atom is 0.248 e. The Bertz CT molecular complexity index is 760. The van der Waals surface area contributed by atoms with Crippen LogP contribution in [0.3, 0.4) is 0 Å². The molecule has 0 atom stereocenters. The van der Waals surface area contributed by atoms with Gasteiger partial charge in [-0.05, 0) is 51.3 Å². The first-order valence-corrected chi connectivity index (χ1v) is 8.92. The minimum Gasteiger partial charge on any atom is -0.383 e. The lowest BCUT2D eigenvalue weighted by Gasteiger charge is -2.37. The van der Waals surface area contributed by atoms with Crippen molar-refractivity contribution >= 4 is 11.8 Å². The number of alkyl halides is 2. The molecule has 2 N–H and O–H groups in total. The first-order valence-electron chi connectivity index (χ1n) is 8.92. The maximum atomic E-state index is 13.6. The summed E-state index contributed by atoms with van der Waals surface area (Å²) in [5.41, 5.74) is 9.65. The summed E-state index contributed by atoms with van der Waals surface area (Å²) in [6.45, 7) is 6.23. The minimum atomic E-state index is -2.58. The largest absolute Gasteiger partial charge is 0.383 e. The molecule has 0 spiro atoms. The SMILES string of the molecule is Cc1ccnc(CN(c2nc(C)c(C)c(N)n2)C2CCC(F)(F)CC2)c1. The normalized spacial score (nSPS) is 17.3. The van der Waals surface area contributed by atoms with Gasteiger partial charge in [-0.25, -0.2) is 13.8 Å². The summed E-state index contributed by atoms with van der Waals surface area (Å²) >= 11 is 0. The van der Waals surface area contributed by atoms with Gasteiger partial charge in [0.15, 0.2) is 0 Å². The van der Waals surface area contributed by atoms with Crippen molar-refractivity contribution in [3.8, 4) is 0 Å². The van der Waals surface area contributed by atoms with Gasteiger partial charge in [0.1, 0.15) is 5.82 Å². The van der Waals surface area contributed by atoms with Crippen molar-refractivity contribution < 1.29 is 8.78 Å². The second-order valence-corrected chi connectivity index (χ2v) is 7.16. The fraction of sp³-hybridized carbons (Fsp3) is 0.526. The molecule has 0 bridgehead atoms. The zero-order chi connectivity index (χ0) is 18.9. The van der Waals surface area contributed by atoms with Crippen molar-refractivity contribution in [2.45, 2.75) is 65.0 Å². The first kappa shape index (κ1) is 18.5. The number of pyridine rings is 1. The van der Waals surface area contributed by atoms with Crippen molar-refractivity contribution in [3.63, 3.8) is 0 Å². The number of nitrogens with zero attached hydrogens (tertiary/aromatic N) is 4. The molecule has 1 saturated carbocycles. The predicted molar refractivity (Wildman–Crippen MR) is 98.3 cm³/mol. The Morgan fingerprint density at radius 3 is 2.50 bits per heavy atom. The number of nitrogens with two attached hydrogens (primary N) is 1. The van der Waals surface area contributed by atoms with E-state index in [0.29, 0.717) is 31.2 Å². The monoisotopic (exact) mass is 361 g/mol. The Balaban J connectivity index is 1.93. The molecular formula is C19H25F2N5. The molecule has 0 aliphatic heterocycles. The van der Waals surface area contributed by atoms with E-state index in [-0.39, 0.29) is 18.9 Å². The summed E-state index contributed by atoms with van der Waals surface area (Å²) in [6, 6.07) is 3.87. The molecule has 3 rings (SSSR count). The minimum absolute atomic E-state index is 0.0570. The summed E-state index contributed by atoms with van der Waals surface area (Å²) in [4.78, 5) is 15.4. The molecule has 0 saturated heterocycles. The standard InChI is InChI=1S/C19H25F2N5/c1-12-6-9-23-15(10-12)11-26(16-4-7-19(20,21)8-5-16)18-24-14(3)13(2)17(22)25-18/h6,9-10,16H,4-5,7-8,11H2,1-3H3,(H2,22,24,25). The molecule has 0 unspecified atom stereocenters. The molecule has 1 aliphatic carbocycles. The highest BCUT2D eigenvalue weighted by Crippen LogP contribution is 2.36. The second kappa shape index (κ2) is 7.13. The van der Waals surface area contributed by atoms with Crippen molar-refractivity contribution in [3.05, 3.63) is 40.8 Å². The number of aryl methyl sites for hydroxylation is 2. The molecule has 2 aromatic heterocycles. The summed E-state index contributed by atoms with van der Waals surface area (Å²) in [6.07, 6.45) is 2.32. The molecule has 0 radical (unpaired) electrons. The smallest absolute Gasteiger partial charge is 0.248 e. The van der Waals surface area contributed by atoms with Crippen LogP contribution in [-0.2, 0) is 6.54 Å². The van der Waals surface area contributed by atoms with Crippen molar-refractivity contribution in [1.82, 2.24) is 15.0 Å². The average molecular weight is 361 g/mol. The lowest BCUT2D eigenvalue weighted by molar-refractivity contribution is -0.0383. The van der Waals surface area contributed by atoms with Gasteiger partial charge < -0.3 is 10.6 Å². The van der Waals surface area contributed by atoms with Crippen LogP contribution in [-0.4, -0.2) is 26.9 Å². The summed E-state index contributed by atoms with van der Waals surface area (Å²) in [5.74, 6) is -1.66. The summed E-state index contributed by atoms with van der Waals surface area (Å²) < 4.78 is 27.2. The number of anilines is 2. The van der Waals surface area contributed by atoms with Gasteiger partial charge >= 0.3 is 0 Å². The van der Waals surface area contributed by atoms with Crippen LogP contribution < -0.4 is 10.6 Å². The van der Waals surface area contributed by atoms with Gasteiger partial charge in [0.25, 0.3) is 0 Å². The quantitative estimate of drug-likeness (QED) is 0.893. The molecule has 5 nitrogen and oxygen atoms in total. The van der Waals surface area contributed by atoms with Gasteiger partial charge in [0.2, 0.25) is 11.9 Å². The van der Waals surface area contributed by atoms with Crippen LogP contribution in [0.25, 0.3) is 0 Å². The topological polar surface area (TPSA) is 67.9 Å². The van der Waals surface area contributed by atoms with Crippen LogP contribution in [0.2, 0.25) is 0 Å². The van der Waals surface area contributed by atoms with Crippen molar-refractivity contribution in [1.29, 1.82) is 0 Å². The van der Waals surface area contributed by atoms with E-state index in [0.717, 1.165) is 22.5 Å². The molecule has 0 amide bonds. The Labute approximate surface area is 152 Å². The van der Waals surface area contributed by atoms with Gasteiger partial charge in [0, 0.05) is 36.3 Å². The molecule has 140 valence electrons. The number of hydrogen-bond donors (Lipinski definition) is 1. The Hall–Kier alpha value is -2.31. The van der Waals surface area contributed by atoms with Crippen LogP contribution in [0.15, 0.2) is 18.3 Å². The second-order valence-electron chi connectivity index (χ2n) is 7.16. The average Bonchev–Trinajstić information content (AvgIpc) is 2.57. The molecule has 1 aliphatic rings. The van der Waals surface area contributed by atoms with E-state index in [2.05, 4.69) is 15.0 Å². The first-order chi connectivity index (χ1) is 12.2. The van der Waals surface area contributed by atoms with Crippen LogP contribution in [0.5, 0.6) is 0 Å². The zero-order valence-corrected chi connectivity index (χ0v) is 15.5. The van der Waals surface area contributed by atoms with Crippen LogP contribution in [0.1, 0.15) is 48.2 Å². The molecule has 7 heteroatoms. The lowest BCUT2D eigenvalue weighted by atomic mass is 9.91. The van der Waals surface area contributed by atoms with Crippen LogP contribution in [0.4, 0.5) is 20.5 Å². The molecule has 2 heterocycles. The number of rotatable bonds is 4. The van der Waals surface area contributed by atoms with E-state index in [9.17, 15) is 8.78 Å². The van der Waals surface area contributed by atoms with Crippen LogP contribution >= 0.6 is 0 Å². The summed E-state index contributed by atoms with van der Waals surface area (Å²) in [5, 5.41) is 0. The van der Waals surface area contributed by atoms with Gasteiger partial charge in [-0.1, -0.05) is 0 Å². The fourth-order valence-electron chi connectivity index (χ4n) is 3.32. The van der Waals surface area contributed by atoms with E-state index in [1.54, 1.807) is 6.20 Å². The third kappa shape index (κ3) is 4.08. The fourth-order valence-corrected chi connectivity index (χ4v) is 3.32. The van der Waals surface area contributed by atoms with Gasteiger partial charge in [0.05, 0.1) is 12.2 Å². The lowest BCUT2D eigenvalue weighted by Crippen LogP contribution is -2.41. The van der Waals surface area contributed by atoms with E-state index < -0.39 is 5.92 Å². The van der Waals surface area contributed by atoms with Crippen LogP contribution in [0, 0.1) is 20.8 Å². The third-order valence-corrected chi connectivity index (χ3v) is 5.10. The number of aromatic nitrogens is 3. The Morgan fingerprint density at radius 1 is 1.19 bits per heavy atom. The number of hydrogen-bond acceptors (Lipinski definition) is 5. The van der Waals surface area contributed by atoms with Crippen molar-refractivity contribution in [2.24, 2.45) is 0 Å². The van der Waals surface area contributed by atoms with Gasteiger partial charge in [-0.15, -0.1) is 0 Å². The highest BCUT2D eigenvalue weighted by molar-refractivity contribution is 5.47. The van der Waals surface area contributed by atoms with E-state index in [1.807, 2.05) is 37.8 Å². The van der Waals surface area contributed by atoms with Gasteiger partial charge in [-0.2, -0.15) is 4.98 Å². The molecule has 26 heavy (non-hydrogen) atoms. The molecule has 1 fully saturated rings. The highest BCUT2D eigenvalue weighted by Gasteiger charge is 2.37. The molecule has 2 aromatic rings. The van der Waals surface area contributed by atoms with E-state index in [4.69, 9.17) is 5.73 Å². The number of nitrogen functional groups attached to an aromatic ring is 1. The predicted octanol–water partition coefficient (Wildman–Crippen LogP) is 3.96. The van der Waals surface area contributed by atoms with Crippen molar-refractivity contribution in [2.75, 3.05) is 10.6 Å². The molecular weight excluding hydrogens is 336 g/mol. The Morgan fingerprint density at radius 2 is 1.88 bits per heavy atom. The zero-order valence-electron chi connectivity index (χ0n) is 15.5.